The fraction of sp³-hybridized carbons (Fsp3) is 0.136. The number of anilines is 1. The molecule has 2 aromatic heterocycles. The van der Waals surface area contributed by atoms with Crippen LogP contribution in [-0.4, -0.2) is 20.1 Å². The van der Waals surface area contributed by atoms with E-state index in [1.54, 1.807) is 25.3 Å². The molecule has 1 N–H and O–H groups in total. The summed E-state index contributed by atoms with van der Waals surface area (Å²) in [4.78, 5) is 25.2. The molecule has 1 amide bonds. The number of nitrogens with one attached hydrogen (secondary N) is 1. The molecule has 4 rings (SSSR count). The van der Waals surface area contributed by atoms with E-state index in [0.717, 1.165) is 16.7 Å². The van der Waals surface area contributed by atoms with Crippen molar-refractivity contribution in [3.63, 3.8) is 0 Å². The minimum absolute atomic E-state index is 0.184. The van der Waals surface area contributed by atoms with E-state index < -0.39 is 11.7 Å². The third-order valence-electron chi connectivity index (χ3n) is 4.74. The number of hydrogen-bond donors (Lipinski definition) is 1. The van der Waals surface area contributed by atoms with Gasteiger partial charge in [-0.1, -0.05) is 35.9 Å². The van der Waals surface area contributed by atoms with E-state index in [1.807, 2.05) is 31.2 Å². The Hall–Kier alpha value is -3.74. The Morgan fingerprint density at radius 3 is 2.59 bits per heavy atom. The van der Waals surface area contributed by atoms with E-state index in [1.165, 1.54) is 27.4 Å². The minimum atomic E-state index is -0.438. The predicted octanol–water partition coefficient (Wildman–Crippen LogP) is 3.56. The number of aryl methyl sites for hydroxylation is 2. The van der Waals surface area contributed by atoms with Gasteiger partial charge in [-0.05, 0) is 37.6 Å². The highest BCUT2D eigenvalue weighted by molar-refractivity contribution is 5.91. The van der Waals surface area contributed by atoms with Crippen molar-refractivity contribution >= 4 is 17.1 Å². The first kappa shape index (κ1) is 18.6. The summed E-state index contributed by atoms with van der Waals surface area (Å²) >= 11 is 0. The molecule has 0 aliphatic rings. The standard InChI is InChI=1S/C22H19FN4O2/c1-14-3-6-16(7-4-14)19-12-20-22(29)26(9-10-27(20)25-19)13-21(28)24-18-11-17(23)8-5-15(18)2/h3-12H,13H2,1-2H3,(H,24,28). The first-order valence-electron chi connectivity index (χ1n) is 9.12. The minimum Gasteiger partial charge on any atom is -0.324 e. The lowest BCUT2D eigenvalue weighted by molar-refractivity contribution is -0.116. The third-order valence-corrected chi connectivity index (χ3v) is 4.74. The van der Waals surface area contributed by atoms with E-state index >= 15 is 0 Å². The predicted molar refractivity (Wildman–Crippen MR) is 109 cm³/mol. The number of carbonyl (C=O) groups excluding carboxylic acids is 1. The van der Waals surface area contributed by atoms with Crippen molar-refractivity contribution in [1.29, 1.82) is 0 Å². The molecule has 0 aliphatic heterocycles. The Kier molecular flexibility index (Phi) is 4.72. The highest BCUT2D eigenvalue weighted by Gasteiger charge is 2.12. The highest BCUT2D eigenvalue weighted by Crippen LogP contribution is 2.19. The second kappa shape index (κ2) is 7.35. The molecule has 0 saturated heterocycles. The number of rotatable bonds is 4. The van der Waals surface area contributed by atoms with Crippen molar-refractivity contribution < 1.29 is 9.18 Å². The molecule has 0 aliphatic carbocycles. The number of amides is 1. The molecule has 4 aromatic rings. The molecule has 0 radical (unpaired) electrons. The maximum Gasteiger partial charge on any atom is 0.277 e. The average Bonchev–Trinajstić information content (AvgIpc) is 3.13. The number of halogens is 1. The van der Waals surface area contributed by atoms with Gasteiger partial charge in [-0.25, -0.2) is 8.91 Å². The number of nitrogens with zero attached hydrogens (tertiary/aromatic N) is 3. The smallest absolute Gasteiger partial charge is 0.277 e. The average molecular weight is 390 g/mol. The van der Waals surface area contributed by atoms with Crippen LogP contribution in [0.5, 0.6) is 0 Å². The zero-order valence-corrected chi connectivity index (χ0v) is 16.0. The lowest BCUT2D eigenvalue weighted by Gasteiger charge is -2.10. The van der Waals surface area contributed by atoms with Crippen molar-refractivity contribution in [2.24, 2.45) is 0 Å². The quantitative estimate of drug-likeness (QED) is 0.579. The molecule has 2 aromatic carbocycles. The molecular formula is C22H19FN4O2. The summed E-state index contributed by atoms with van der Waals surface area (Å²) in [5.74, 6) is -0.851. The van der Waals surface area contributed by atoms with Gasteiger partial charge in [0.05, 0.1) is 5.69 Å². The molecule has 6 nitrogen and oxygen atoms in total. The van der Waals surface area contributed by atoms with Gasteiger partial charge in [-0.15, -0.1) is 0 Å². The summed E-state index contributed by atoms with van der Waals surface area (Å²) in [5.41, 5.74) is 3.89. The number of carbonyl (C=O) groups is 1. The van der Waals surface area contributed by atoms with Gasteiger partial charge >= 0.3 is 0 Å². The van der Waals surface area contributed by atoms with Crippen molar-refractivity contribution in [2.75, 3.05) is 5.32 Å². The Morgan fingerprint density at radius 2 is 1.83 bits per heavy atom. The van der Waals surface area contributed by atoms with Gasteiger partial charge in [-0.2, -0.15) is 5.10 Å². The Balaban J connectivity index is 1.60. The summed E-state index contributed by atoms with van der Waals surface area (Å²) in [6, 6.07) is 13.7. The third kappa shape index (κ3) is 3.80. The van der Waals surface area contributed by atoms with Crippen LogP contribution in [0.1, 0.15) is 11.1 Å². The van der Waals surface area contributed by atoms with E-state index in [9.17, 15) is 14.0 Å². The monoisotopic (exact) mass is 390 g/mol. The summed E-state index contributed by atoms with van der Waals surface area (Å²) in [6.45, 7) is 3.59. The molecule has 0 bridgehead atoms. The van der Waals surface area contributed by atoms with Crippen LogP contribution in [0, 0.1) is 19.7 Å². The second-order valence-corrected chi connectivity index (χ2v) is 6.96. The molecule has 0 spiro atoms. The first-order chi connectivity index (χ1) is 13.9. The Labute approximate surface area is 166 Å². The summed E-state index contributed by atoms with van der Waals surface area (Å²) in [5, 5.41) is 7.09. The molecule has 7 heteroatoms. The van der Waals surface area contributed by atoms with Crippen LogP contribution >= 0.6 is 0 Å². The molecule has 0 unspecified atom stereocenters. The van der Waals surface area contributed by atoms with E-state index in [0.29, 0.717) is 16.9 Å². The van der Waals surface area contributed by atoms with E-state index in [4.69, 9.17) is 0 Å². The van der Waals surface area contributed by atoms with Gasteiger partial charge in [-0.3, -0.25) is 9.59 Å². The van der Waals surface area contributed by atoms with Gasteiger partial charge in [0.25, 0.3) is 5.56 Å². The fourth-order valence-electron chi connectivity index (χ4n) is 3.09. The van der Waals surface area contributed by atoms with Crippen molar-refractivity contribution in [3.8, 4) is 11.3 Å². The topological polar surface area (TPSA) is 68.4 Å². The van der Waals surface area contributed by atoms with Crippen molar-refractivity contribution in [2.45, 2.75) is 20.4 Å². The Morgan fingerprint density at radius 1 is 1.07 bits per heavy atom. The van der Waals surface area contributed by atoms with Crippen LogP contribution in [0.3, 0.4) is 0 Å². The van der Waals surface area contributed by atoms with Gasteiger partial charge in [0.2, 0.25) is 5.91 Å². The molecule has 0 saturated carbocycles. The molecular weight excluding hydrogens is 371 g/mol. The van der Waals surface area contributed by atoms with Crippen LogP contribution in [-0.2, 0) is 11.3 Å². The zero-order chi connectivity index (χ0) is 20.5. The van der Waals surface area contributed by atoms with Gasteiger partial charge in [0.15, 0.2) is 0 Å². The van der Waals surface area contributed by atoms with Crippen LogP contribution in [0.4, 0.5) is 10.1 Å². The maximum absolute atomic E-state index is 13.4. The van der Waals surface area contributed by atoms with Crippen LogP contribution in [0.2, 0.25) is 0 Å². The largest absolute Gasteiger partial charge is 0.324 e. The van der Waals surface area contributed by atoms with Gasteiger partial charge in [0, 0.05) is 23.6 Å². The van der Waals surface area contributed by atoms with Crippen LogP contribution in [0.25, 0.3) is 16.8 Å². The van der Waals surface area contributed by atoms with Crippen LogP contribution in [0.15, 0.2) is 65.7 Å². The summed E-state index contributed by atoms with van der Waals surface area (Å²) in [6.07, 6.45) is 3.15. The molecule has 29 heavy (non-hydrogen) atoms. The van der Waals surface area contributed by atoms with Crippen molar-refractivity contribution in [3.05, 3.63) is 88.2 Å². The molecule has 0 fully saturated rings. The summed E-state index contributed by atoms with van der Waals surface area (Å²) in [7, 11) is 0. The molecule has 146 valence electrons. The molecule has 2 heterocycles. The van der Waals surface area contributed by atoms with Crippen molar-refractivity contribution in [1.82, 2.24) is 14.2 Å². The highest BCUT2D eigenvalue weighted by atomic mass is 19.1. The van der Waals surface area contributed by atoms with Crippen LogP contribution < -0.4 is 10.9 Å². The van der Waals surface area contributed by atoms with Gasteiger partial charge in [0.1, 0.15) is 17.9 Å². The van der Waals surface area contributed by atoms with E-state index in [2.05, 4.69) is 10.4 Å². The number of hydrogen-bond acceptors (Lipinski definition) is 3. The lowest BCUT2D eigenvalue weighted by atomic mass is 10.1. The zero-order valence-electron chi connectivity index (χ0n) is 16.0. The number of fused-ring (bicyclic) bond motifs is 1. The van der Waals surface area contributed by atoms with E-state index in [-0.39, 0.29) is 12.1 Å². The van der Waals surface area contributed by atoms with Gasteiger partial charge < -0.3 is 9.88 Å². The maximum atomic E-state index is 13.4. The SMILES string of the molecule is Cc1ccc(-c2cc3c(=O)n(CC(=O)Nc4cc(F)ccc4C)ccn3n2)cc1. The Bertz CT molecular complexity index is 1270. The fourth-order valence-corrected chi connectivity index (χ4v) is 3.09. The number of aromatic nitrogens is 3. The lowest BCUT2D eigenvalue weighted by Crippen LogP contribution is -2.28. The normalized spacial score (nSPS) is 11.0. The number of benzene rings is 2. The summed E-state index contributed by atoms with van der Waals surface area (Å²) < 4.78 is 16.2. The second-order valence-electron chi connectivity index (χ2n) is 6.96. The molecule has 0 atom stereocenters. The first-order valence-corrected chi connectivity index (χ1v) is 9.12.